The highest BCUT2D eigenvalue weighted by molar-refractivity contribution is 5.75. The summed E-state index contributed by atoms with van der Waals surface area (Å²) in [6.07, 6.45) is 1.26. The Labute approximate surface area is 90.4 Å². The summed E-state index contributed by atoms with van der Waals surface area (Å²) >= 11 is 0. The van der Waals surface area contributed by atoms with Crippen LogP contribution in [0.3, 0.4) is 0 Å². The number of rotatable bonds is 5. The molecule has 1 N–H and O–H groups in total. The van der Waals surface area contributed by atoms with Gasteiger partial charge in [0.05, 0.1) is 6.61 Å². The van der Waals surface area contributed by atoms with Crippen LogP contribution in [0.2, 0.25) is 0 Å². The van der Waals surface area contributed by atoms with Crippen LogP contribution < -0.4 is 10.1 Å². The molecular weight excluding hydrogens is 190 g/mol. The molecule has 0 bridgehead atoms. The van der Waals surface area contributed by atoms with Crippen LogP contribution in [0.1, 0.15) is 18.4 Å². The first-order chi connectivity index (χ1) is 7.24. The lowest BCUT2D eigenvalue weighted by Gasteiger charge is -2.07. The van der Waals surface area contributed by atoms with Gasteiger partial charge in [0, 0.05) is 13.5 Å². The Morgan fingerprint density at radius 2 is 2.13 bits per heavy atom. The minimum atomic E-state index is 0.0587. The van der Waals surface area contributed by atoms with Gasteiger partial charge in [0.15, 0.2) is 0 Å². The van der Waals surface area contributed by atoms with Gasteiger partial charge in [-0.3, -0.25) is 4.79 Å². The standard InChI is InChI=1S/C12H17NO2/c1-10-6-3-4-7-11(10)15-9-5-8-12(14)13-2/h3-4,6-7H,5,8-9H2,1-2H3,(H,13,14). The predicted molar refractivity (Wildman–Crippen MR) is 60.0 cm³/mol. The van der Waals surface area contributed by atoms with E-state index in [2.05, 4.69) is 5.32 Å². The molecule has 0 fully saturated rings. The second-order valence-electron chi connectivity index (χ2n) is 3.39. The summed E-state index contributed by atoms with van der Waals surface area (Å²) in [5.41, 5.74) is 1.12. The van der Waals surface area contributed by atoms with Crippen LogP contribution in [0.15, 0.2) is 24.3 Å². The first-order valence-corrected chi connectivity index (χ1v) is 5.13. The van der Waals surface area contributed by atoms with Crippen molar-refractivity contribution in [1.29, 1.82) is 0 Å². The molecule has 0 saturated heterocycles. The van der Waals surface area contributed by atoms with Gasteiger partial charge in [0.25, 0.3) is 0 Å². The highest BCUT2D eigenvalue weighted by Crippen LogP contribution is 2.16. The molecule has 0 aliphatic carbocycles. The van der Waals surface area contributed by atoms with Crippen molar-refractivity contribution >= 4 is 5.91 Å². The van der Waals surface area contributed by atoms with Crippen molar-refractivity contribution in [3.05, 3.63) is 29.8 Å². The van der Waals surface area contributed by atoms with Gasteiger partial charge in [-0.05, 0) is 25.0 Å². The fraction of sp³-hybridized carbons (Fsp3) is 0.417. The Hall–Kier alpha value is -1.51. The number of para-hydroxylation sites is 1. The smallest absolute Gasteiger partial charge is 0.219 e. The zero-order valence-corrected chi connectivity index (χ0v) is 9.25. The van der Waals surface area contributed by atoms with Crippen molar-refractivity contribution in [2.45, 2.75) is 19.8 Å². The van der Waals surface area contributed by atoms with Crippen molar-refractivity contribution in [2.75, 3.05) is 13.7 Å². The van der Waals surface area contributed by atoms with E-state index >= 15 is 0 Å². The average molecular weight is 207 g/mol. The zero-order valence-electron chi connectivity index (χ0n) is 9.25. The van der Waals surface area contributed by atoms with Crippen LogP contribution >= 0.6 is 0 Å². The highest BCUT2D eigenvalue weighted by Gasteiger charge is 1.99. The van der Waals surface area contributed by atoms with Crippen LogP contribution in [0, 0.1) is 6.92 Å². The summed E-state index contributed by atoms with van der Waals surface area (Å²) < 4.78 is 5.55. The summed E-state index contributed by atoms with van der Waals surface area (Å²) in [5.74, 6) is 0.956. The topological polar surface area (TPSA) is 38.3 Å². The molecule has 15 heavy (non-hydrogen) atoms. The van der Waals surface area contributed by atoms with Crippen LogP contribution in [0.25, 0.3) is 0 Å². The maximum Gasteiger partial charge on any atom is 0.219 e. The third-order valence-electron chi connectivity index (χ3n) is 2.18. The monoisotopic (exact) mass is 207 g/mol. The van der Waals surface area contributed by atoms with E-state index in [1.54, 1.807) is 7.05 Å². The maximum absolute atomic E-state index is 10.9. The molecular formula is C12H17NO2. The number of hydrogen-bond donors (Lipinski definition) is 1. The van der Waals surface area contributed by atoms with E-state index in [1.807, 2.05) is 31.2 Å². The van der Waals surface area contributed by atoms with Crippen molar-refractivity contribution in [1.82, 2.24) is 5.32 Å². The van der Waals surface area contributed by atoms with Crippen LogP contribution in [-0.4, -0.2) is 19.6 Å². The molecule has 0 unspecified atom stereocenters. The zero-order chi connectivity index (χ0) is 11.1. The van der Waals surface area contributed by atoms with E-state index in [-0.39, 0.29) is 5.91 Å². The van der Waals surface area contributed by atoms with E-state index < -0.39 is 0 Å². The van der Waals surface area contributed by atoms with E-state index in [0.717, 1.165) is 17.7 Å². The fourth-order valence-electron chi connectivity index (χ4n) is 1.26. The van der Waals surface area contributed by atoms with Crippen molar-refractivity contribution < 1.29 is 9.53 Å². The number of amides is 1. The van der Waals surface area contributed by atoms with Crippen molar-refractivity contribution in [3.63, 3.8) is 0 Å². The summed E-state index contributed by atoms with van der Waals surface area (Å²) in [5, 5.41) is 2.58. The van der Waals surface area contributed by atoms with Gasteiger partial charge >= 0.3 is 0 Å². The first kappa shape index (κ1) is 11.6. The molecule has 1 aromatic carbocycles. The highest BCUT2D eigenvalue weighted by atomic mass is 16.5. The maximum atomic E-state index is 10.9. The van der Waals surface area contributed by atoms with Gasteiger partial charge in [0.1, 0.15) is 5.75 Å². The molecule has 0 aliphatic rings. The molecule has 1 rings (SSSR count). The minimum Gasteiger partial charge on any atom is -0.493 e. The Balaban J connectivity index is 2.26. The summed E-state index contributed by atoms with van der Waals surface area (Å²) in [7, 11) is 1.64. The lowest BCUT2D eigenvalue weighted by atomic mass is 10.2. The van der Waals surface area contributed by atoms with Gasteiger partial charge in [0.2, 0.25) is 5.91 Å². The molecule has 1 amide bonds. The largest absolute Gasteiger partial charge is 0.493 e. The number of ether oxygens (including phenoxy) is 1. The molecule has 0 heterocycles. The minimum absolute atomic E-state index is 0.0587. The van der Waals surface area contributed by atoms with Gasteiger partial charge in [-0.15, -0.1) is 0 Å². The Morgan fingerprint density at radius 3 is 2.80 bits per heavy atom. The Kier molecular flexibility index (Phi) is 4.68. The molecule has 0 spiro atoms. The quantitative estimate of drug-likeness (QED) is 0.749. The SMILES string of the molecule is CNC(=O)CCCOc1ccccc1C. The summed E-state index contributed by atoms with van der Waals surface area (Å²) in [4.78, 5) is 10.9. The van der Waals surface area contributed by atoms with Gasteiger partial charge < -0.3 is 10.1 Å². The molecule has 0 saturated carbocycles. The predicted octanol–water partition coefficient (Wildman–Crippen LogP) is 1.90. The van der Waals surface area contributed by atoms with E-state index in [1.165, 1.54) is 0 Å². The van der Waals surface area contributed by atoms with E-state index in [9.17, 15) is 4.79 Å². The second-order valence-corrected chi connectivity index (χ2v) is 3.39. The number of nitrogens with one attached hydrogen (secondary N) is 1. The van der Waals surface area contributed by atoms with Crippen LogP contribution in [-0.2, 0) is 4.79 Å². The number of carbonyl (C=O) groups is 1. The molecule has 3 nitrogen and oxygen atoms in total. The number of carbonyl (C=O) groups excluding carboxylic acids is 1. The summed E-state index contributed by atoms with van der Waals surface area (Å²) in [6.45, 7) is 2.59. The van der Waals surface area contributed by atoms with Crippen molar-refractivity contribution in [2.24, 2.45) is 0 Å². The van der Waals surface area contributed by atoms with Crippen molar-refractivity contribution in [3.8, 4) is 5.75 Å². The van der Waals surface area contributed by atoms with E-state index in [4.69, 9.17) is 4.74 Å². The van der Waals surface area contributed by atoms with Crippen LogP contribution in [0.4, 0.5) is 0 Å². The normalized spacial score (nSPS) is 9.73. The molecule has 0 aromatic heterocycles. The molecule has 0 atom stereocenters. The third-order valence-corrected chi connectivity index (χ3v) is 2.18. The van der Waals surface area contributed by atoms with E-state index in [0.29, 0.717) is 13.0 Å². The average Bonchev–Trinajstić information content (AvgIpc) is 2.26. The summed E-state index contributed by atoms with van der Waals surface area (Å²) in [6, 6.07) is 7.87. The Bertz CT molecular complexity index is 323. The van der Waals surface area contributed by atoms with Gasteiger partial charge in [-0.1, -0.05) is 18.2 Å². The number of benzene rings is 1. The second kappa shape index (κ2) is 6.06. The molecule has 0 aliphatic heterocycles. The number of aryl methyl sites for hydroxylation is 1. The fourth-order valence-corrected chi connectivity index (χ4v) is 1.26. The third kappa shape index (κ3) is 4.02. The Morgan fingerprint density at radius 1 is 1.40 bits per heavy atom. The lowest BCUT2D eigenvalue weighted by Crippen LogP contribution is -2.18. The first-order valence-electron chi connectivity index (χ1n) is 5.13. The van der Waals surface area contributed by atoms with Gasteiger partial charge in [-0.2, -0.15) is 0 Å². The molecule has 0 radical (unpaired) electrons. The lowest BCUT2D eigenvalue weighted by molar-refractivity contribution is -0.120. The molecule has 82 valence electrons. The molecule has 1 aromatic rings. The van der Waals surface area contributed by atoms with Crippen LogP contribution in [0.5, 0.6) is 5.75 Å². The van der Waals surface area contributed by atoms with Gasteiger partial charge in [-0.25, -0.2) is 0 Å². The molecule has 3 heteroatoms. The number of hydrogen-bond acceptors (Lipinski definition) is 2.